The van der Waals surface area contributed by atoms with E-state index in [1.807, 2.05) is 24.7 Å². The maximum Gasteiger partial charge on any atom is 0.258 e. The van der Waals surface area contributed by atoms with Gasteiger partial charge in [-0.3, -0.25) is 0 Å². The van der Waals surface area contributed by atoms with E-state index in [9.17, 15) is 0 Å². The summed E-state index contributed by atoms with van der Waals surface area (Å²) in [5, 5.41) is 12.6. The van der Waals surface area contributed by atoms with Crippen LogP contribution in [-0.4, -0.2) is 43.0 Å². The van der Waals surface area contributed by atoms with Crippen molar-refractivity contribution in [2.45, 2.75) is 57.4 Å². The maximum atomic E-state index is 5.44. The zero-order valence-corrected chi connectivity index (χ0v) is 16.3. The second kappa shape index (κ2) is 7.00. The van der Waals surface area contributed by atoms with Gasteiger partial charge in [0, 0.05) is 42.7 Å². The Kier molecular flexibility index (Phi) is 4.33. The van der Waals surface area contributed by atoms with E-state index in [1.54, 1.807) is 0 Å². The number of nitrogens with zero attached hydrogens (tertiary/aromatic N) is 7. The second-order valence-electron chi connectivity index (χ2n) is 8.10. The molecule has 28 heavy (non-hydrogen) atoms. The summed E-state index contributed by atoms with van der Waals surface area (Å²) in [5.74, 6) is 4.14. The quantitative estimate of drug-likeness (QED) is 0.670. The van der Waals surface area contributed by atoms with Crippen molar-refractivity contribution in [3.63, 3.8) is 0 Å². The topological polar surface area (TPSA) is 85.8 Å². The maximum absolute atomic E-state index is 5.44. The van der Waals surface area contributed by atoms with Gasteiger partial charge < -0.3 is 14.0 Å². The molecule has 0 amide bonds. The predicted octanol–water partition coefficient (Wildman–Crippen LogP) is 3.57. The van der Waals surface area contributed by atoms with Crippen LogP contribution >= 0.6 is 0 Å². The standard InChI is InChI=1S/C20H25N7O/c1-13(2)18-23-20(28-25-18)15-5-8-21-17(11-15)26-9-6-14(7-10-26)19-24-22-12-27(19)16-3-4-16/h5,8,11-14,16H,3-4,6-7,9-10H2,1-2H3. The van der Waals surface area contributed by atoms with Crippen molar-refractivity contribution >= 4 is 5.82 Å². The van der Waals surface area contributed by atoms with Crippen molar-refractivity contribution in [3.05, 3.63) is 36.3 Å². The lowest BCUT2D eigenvalue weighted by molar-refractivity contribution is 0.419. The smallest absolute Gasteiger partial charge is 0.258 e. The zero-order chi connectivity index (χ0) is 19.1. The van der Waals surface area contributed by atoms with Gasteiger partial charge in [0.2, 0.25) is 0 Å². The molecule has 1 saturated heterocycles. The van der Waals surface area contributed by atoms with Crippen molar-refractivity contribution in [1.82, 2.24) is 29.9 Å². The van der Waals surface area contributed by atoms with Gasteiger partial charge in [-0.15, -0.1) is 10.2 Å². The van der Waals surface area contributed by atoms with Crippen LogP contribution < -0.4 is 4.90 Å². The molecule has 146 valence electrons. The zero-order valence-electron chi connectivity index (χ0n) is 16.3. The summed E-state index contributed by atoms with van der Waals surface area (Å²) in [6.45, 7) is 6.03. The average molecular weight is 379 g/mol. The highest BCUT2D eigenvalue weighted by Crippen LogP contribution is 2.38. The lowest BCUT2D eigenvalue weighted by Gasteiger charge is -2.32. The van der Waals surface area contributed by atoms with E-state index in [2.05, 4.69) is 48.6 Å². The molecule has 1 aliphatic heterocycles. The monoisotopic (exact) mass is 379 g/mol. The Morgan fingerprint density at radius 3 is 2.68 bits per heavy atom. The lowest BCUT2D eigenvalue weighted by Crippen LogP contribution is -2.34. The van der Waals surface area contributed by atoms with Crippen LogP contribution in [0.3, 0.4) is 0 Å². The molecule has 0 radical (unpaired) electrons. The fraction of sp³-hybridized carbons (Fsp3) is 0.550. The molecule has 3 aromatic rings. The van der Waals surface area contributed by atoms with E-state index < -0.39 is 0 Å². The first-order valence-corrected chi connectivity index (χ1v) is 10.1. The summed E-state index contributed by atoms with van der Waals surface area (Å²) in [6, 6.07) is 4.60. The molecule has 4 heterocycles. The first-order chi connectivity index (χ1) is 13.7. The van der Waals surface area contributed by atoms with Crippen molar-refractivity contribution < 1.29 is 4.52 Å². The van der Waals surface area contributed by atoms with Gasteiger partial charge in [0.15, 0.2) is 5.82 Å². The summed E-state index contributed by atoms with van der Waals surface area (Å²) < 4.78 is 7.73. The summed E-state index contributed by atoms with van der Waals surface area (Å²) in [5.41, 5.74) is 0.917. The van der Waals surface area contributed by atoms with Crippen molar-refractivity contribution in [3.8, 4) is 11.5 Å². The third-order valence-electron chi connectivity index (χ3n) is 5.68. The summed E-state index contributed by atoms with van der Waals surface area (Å²) in [6.07, 6.45) is 8.37. The van der Waals surface area contributed by atoms with Gasteiger partial charge in [0.05, 0.1) is 0 Å². The normalized spacial score (nSPS) is 18.2. The molecule has 5 rings (SSSR count). The molecular formula is C20H25N7O. The first kappa shape index (κ1) is 17.3. The number of piperidine rings is 1. The van der Waals surface area contributed by atoms with Crippen LogP contribution in [0.4, 0.5) is 5.82 Å². The van der Waals surface area contributed by atoms with Gasteiger partial charge in [-0.2, -0.15) is 4.98 Å². The van der Waals surface area contributed by atoms with E-state index in [4.69, 9.17) is 4.52 Å². The van der Waals surface area contributed by atoms with Crippen LogP contribution in [0, 0.1) is 0 Å². The predicted molar refractivity (Wildman–Crippen MR) is 104 cm³/mol. The Morgan fingerprint density at radius 1 is 1.14 bits per heavy atom. The van der Waals surface area contributed by atoms with Gasteiger partial charge in [-0.1, -0.05) is 19.0 Å². The number of hydrogen-bond acceptors (Lipinski definition) is 7. The number of hydrogen-bond donors (Lipinski definition) is 0. The summed E-state index contributed by atoms with van der Waals surface area (Å²) in [4.78, 5) is 11.4. The van der Waals surface area contributed by atoms with Crippen molar-refractivity contribution in [1.29, 1.82) is 0 Å². The first-order valence-electron chi connectivity index (χ1n) is 10.1. The van der Waals surface area contributed by atoms with E-state index in [0.29, 0.717) is 17.9 Å². The Balaban J connectivity index is 1.29. The van der Waals surface area contributed by atoms with E-state index in [-0.39, 0.29) is 5.92 Å². The molecular weight excluding hydrogens is 354 g/mol. The van der Waals surface area contributed by atoms with Crippen LogP contribution in [-0.2, 0) is 0 Å². The van der Waals surface area contributed by atoms with Gasteiger partial charge in [-0.05, 0) is 37.8 Å². The van der Waals surface area contributed by atoms with Crippen LogP contribution in [0.2, 0.25) is 0 Å². The highest BCUT2D eigenvalue weighted by Gasteiger charge is 2.31. The molecule has 2 aliphatic rings. The number of rotatable bonds is 5. The molecule has 2 fully saturated rings. The Labute approximate surface area is 164 Å². The number of aromatic nitrogens is 6. The van der Waals surface area contributed by atoms with Gasteiger partial charge >= 0.3 is 0 Å². The Hall–Kier alpha value is -2.77. The molecule has 1 saturated carbocycles. The van der Waals surface area contributed by atoms with Crippen molar-refractivity contribution in [2.75, 3.05) is 18.0 Å². The molecule has 0 spiro atoms. The molecule has 1 aliphatic carbocycles. The minimum Gasteiger partial charge on any atom is -0.357 e. The van der Waals surface area contributed by atoms with Crippen LogP contribution in [0.15, 0.2) is 29.2 Å². The fourth-order valence-corrected chi connectivity index (χ4v) is 3.86. The largest absolute Gasteiger partial charge is 0.357 e. The van der Waals surface area contributed by atoms with Gasteiger partial charge in [0.25, 0.3) is 5.89 Å². The molecule has 0 N–H and O–H groups in total. The molecule has 8 heteroatoms. The molecule has 0 bridgehead atoms. The SMILES string of the molecule is CC(C)c1noc(-c2ccnc(N3CCC(c4nncn4C4CC4)CC3)c2)n1. The van der Waals surface area contributed by atoms with Crippen molar-refractivity contribution in [2.24, 2.45) is 0 Å². The Morgan fingerprint density at radius 2 is 1.96 bits per heavy atom. The highest BCUT2D eigenvalue weighted by molar-refractivity contribution is 5.58. The lowest BCUT2D eigenvalue weighted by atomic mass is 9.95. The highest BCUT2D eigenvalue weighted by atomic mass is 16.5. The number of anilines is 1. The molecule has 0 atom stereocenters. The third-order valence-corrected chi connectivity index (χ3v) is 5.68. The second-order valence-corrected chi connectivity index (χ2v) is 8.10. The molecule has 0 aromatic carbocycles. The Bertz CT molecular complexity index is 951. The molecule has 8 nitrogen and oxygen atoms in total. The minimum absolute atomic E-state index is 0.246. The average Bonchev–Trinajstić information content (AvgIpc) is 3.24. The van der Waals surface area contributed by atoms with Crippen LogP contribution in [0.5, 0.6) is 0 Å². The minimum atomic E-state index is 0.246. The fourth-order valence-electron chi connectivity index (χ4n) is 3.86. The molecule has 0 unspecified atom stereocenters. The summed E-state index contributed by atoms with van der Waals surface area (Å²) in [7, 11) is 0. The third kappa shape index (κ3) is 3.27. The van der Waals surface area contributed by atoms with Gasteiger partial charge in [0.1, 0.15) is 18.0 Å². The van der Waals surface area contributed by atoms with Gasteiger partial charge in [-0.25, -0.2) is 4.98 Å². The van der Waals surface area contributed by atoms with Crippen LogP contribution in [0.1, 0.15) is 69.1 Å². The van der Waals surface area contributed by atoms with E-state index in [0.717, 1.165) is 49.0 Å². The number of pyridine rings is 1. The summed E-state index contributed by atoms with van der Waals surface area (Å²) >= 11 is 0. The molecule has 3 aromatic heterocycles. The van der Waals surface area contributed by atoms with E-state index >= 15 is 0 Å². The van der Waals surface area contributed by atoms with Crippen LogP contribution in [0.25, 0.3) is 11.5 Å². The van der Waals surface area contributed by atoms with E-state index in [1.165, 1.54) is 12.8 Å².